The minimum Gasteiger partial charge on any atom is -0.457 e. The van der Waals surface area contributed by atoms with Gasteiger partial charge in [-0.15, -0.1) is 0 Å². The van der Waals surface area contributed by atoms with Crippen molar-refractivity contribution in [2.45, 2.75) is 12.8 Å². The van der Waals surface area contributed by atoms with E-state index >= 15 is 0 Å². The molecule has 86 valence electrons. The van der Waals surface area contributed by atoms with E-state index in [0.29, 0.717) is 36.2 Å². The van der Waals surface area contributed by atoms with Crippen LogP contribution in [0.3, 0.4) is 0 Å². The van der Waals surface area contributed by atoms with Crippen molar-refractivity contribution in [1.82, 2.24) is 4.90 Å². The lowest BCUT2D eigenvalue weighted by Crippen LogP contribution is -2.38. The second-order valence-electron chi connectivity index (χ2n) is 3.57. The van der Waals surface area contributed by atoms with Crippen LogP contribution in [0.5, 0.6) is 0 Å². The number of carbonyl (C=O) groups excluding carboxylic acids is 1. The second-order valence-corrected chi connectivity index (χ2v) is 4.29. The van der Waals surface area contributed by atoms with Crippen molar-refractivity contribution in [3.63, 3.8) is 0 Å². The summed E-state index contributed by atoms with van der Waals surface area (Å²) in [5.41, 5.74) is 1.28. The number of hydrogen-bond acceptors (Lipinski definition) is 4. The van der Waals surface area contributed by atoms with Crippen molar-refractivity contribution in [2.75, 3.05) is 13.1 Å². The van der Waals surface area contributed by atoms with Gasteiger partial charge >= 0.3 is 0 Å². The summed E-state index contributed by atoms with van der Waals surface area (Å²) in [6, 6.07) is 1.64. The molecule has 1 aliphatic heterocycles. The highest BCUT2D eigenvalue weighted by atomic mass is 79.9. The Labute approximate surface area is 101 Å². The van der Waals surface area contributed by atoms with Crippen molar-refractivity contribution < 1.29 is 14.4 Å². The maximum atomic E-state index is 12.0. The summed E-state index contributed by atoms with van der Waals surface area (Å²) < 4.78 is 5.48. The predicted octanol–water partition coefficient (Wildman–Crippen LogP) is 2.11. The Morgan fingerprint density at radius 3 is 2.69 bits per heavy atom. The molecule has 0 aliphatic carbocycles. The van der Waals surface area contributed by atoms with E-state index in [1.807, 2.05) is 0 Å². The molecule has 0 radical (unpaired) electrons. The van der Waals surface area contributed by atoms with Gasteiger partial charge in [0, 0.05) is 25.9 Å². The van der Waals surface area contributed by atoms with Crippen LogP contribution < -0.4 is 0 Å². The Bertz CT molecular complexity index is 417. The molecule has 0 saturated carbocycles. The minimum absolute atomic E-state index is 0.0578. The molecule has 1 amide bonds. The highest BCUT2D eigenvalue weighted by molar-refractivity contribution is 9.10. The van der Waals surface area contributed by atoms with Crippen LogP contribution >= 0.6 is 15.9 Å². The first-order valence-corrected chi connectivity index (χ1v) is 5.73. The zero-order valence-electron chi connectivity index (χ0n) is 8.52. The van der Waals surface area contributed by atoms with Crippen LogP contribution in [-0.2, 0) is 0 Å². The Balaban J connectivity index is 2.05. The smallest absolute Gasteiger partial charge is 0.258 e. The first-order valence-electron chi connectivity index (χ1n) is 4.94. The topological polar surface area (TPSA) is 66.0 Å². The zero-order chi connectivity index (χ0) is 11.5. The Morgan fingerprint density at radius 2 is 2.19 bits per heavy atom. The number of amides is 1. The summed E-state index contributed by atoms with van der Waals surface area (Å²) in [5.74, 6) is -0.0578. The van der Waals surface area contributed by atoms with Crippen LogP contribution in [0, 0.1) is 0 Å². The average Bonchev–Trinajstić information content (AvgIpc) is 2.75. The molecule has 6 heteroatoms. The zero-order valence-corrected chi connectivity index (χ0v) is 10.1. The Hall–Kier alpha value is -1.30. The molecule has 1 aromatic rings. The molecular formula is C10H11BrN2O3. The van der Waals surface area contributed by atoms with E-state index in [1.54, 1.807) is 11.0 Å². The lowest BCUT2D eigenvalue weighted by atomic mass is 10.1. The Kier molecular flexibility index (Phi) is 3.28. The first-order chi connectivity index (χ1) is 7.72. The average molecular weight is 287 g/mol. The summed E-state index contributed by atoms with van der Waals surface area (Å²) in [7, 11) is 0. The van der Waals surface area contributed by atoms with Crippen LogP contribution in [0.1, 0.15) is 23.2 Å². The van der Waals surface area contributed by atoms with Crippen molar-refractivity contribution >= 4 is 27.5 Å². The molecule has 2 rings (SSSR count). The molecule has 0 unspecified atom stereocenters. The van der Waals surface area contributed by atoms with E-state index in [9.17, 15) is 4.79 Å². The number of nitrogens with zero attached hydrogens (tertiary/aromatic N) is 2. The molecule has 1 saturated heterocycles. The fourth-order valence-electron chi connectivity index (χ4n) is 1.68. The number of hydrogen-bond donors (Lipinski definition) is 1. The van der Waals surface area contributed by atoms with Crippen molar-refractivity contribution in [3.05, 3.63) is 22.6 Å². The third kappa shape index (κ3) is 2.11. The van der Waals surface area contributed by atoms with E-state index in [0.717, 1.165) is 5.71 Å². The summed E-state index contributed by atoms with van der Waals surface area (Å²) >= 11 is 3.18. The molecule has 0 bridgehead atoms. The first kappa shape index (κ1) is 11.2. The molecule has 1 aliphatic rings. The van der Waals surface area contributed by atoms with Crippen LogP contribution in [0.2, 0.25) is 0 Å². The summed E-state index contributed by atoms with van der Waals surface area (Å²) in [4.78, 5) is 13.7. The van der Waals surface area contributed by atoms with E-state index in [4.69, 9.17) is 9.62 Å². The highest BCUT2D eigenvalue weighted by Gasteiger charge is 2.23. The molecular weight excluding hydrogens is 276 g/mol. The molecule has 0 atom stereocenters. The molecule has 1 aromatic heterocycles. The molecule has 0 aromatic carbocycles. The number of halogens is 1. The van der Waals surface area contributed by atoms with Gasteiger partial charge in [-0.25, -0.2) is 0 Å². The van der Waals surface area contributed by atoms with Crippen molar-refractivity contribution in [1.29, 1.82) is 0 Å². The van der Waals surface area contributed by atoms with E-state index in [-0.39, 0.29) is 5.91 Å². The molecule has 16 heavy (non-hydrogen) atoms. The second kappa shape index (κ2) is 4.69. The quantitative estimate of drug-likeness (QED) is 0.635. The molecule has 5 nitrogen and oxygen atoms in total. The van der Waals surface area contributed by atoms with Gasteiger partial charge in [-0.1, -0.05) is 5.16 Å². The fourth-order valence-corrected chi connectivity index (χ4v) is 2.09. The monoisotopic (exact) mass is 286 g/mol. The van der Waals surface area contributed by atoms with Gasteiger partial charge in [0.05, 0.1) is 17.5 Å². The molecule has 2 heterocycles. The third-order valence-corrected chi connectivity index (χ3v) is 3.23. The third-order valence-electron chi connectivity index (χ3n) is 2.62. The largest absolute Gasteiger partial charge is 0.457 e. The lowest BCUT2D eigenvalue weighted by molar-refractivity contribution is 0.0751. The Morgan fingerprint density at radius 1 is 1.50 bits per heavy atom. The van der Waals surface area contributed by atoms with Gasteiger partial charge in [0.2, 0.25) is 0 Å². The van der Waals surface area contributed by atoms with Gasteiger partial charge in [-0.2, -0.15) is 0 Å². The van der Waals surface area contributed by atoms with Crippen LogP contribution in [0.25, 0.3) is 0 Å². The molecule has 0 spiro atoms. The van der Waals surface area contributed by atoms with Crippen molar-refractivity contribution in [2.24, 2.45) is 5.16 Å². The maximum absolute atomic E-state index is 12.0. The van der Waals surface area contributed by atoms with Gasteiger partial charge in [0.15, 0.2) is 4.67 Å². The molecule has 1 fully saturated rings. The minimum atomic E-state index is -0.0578. The summed E-state index contributed by atoms with van der Waals surface area (Å²) in [5, 5.41) is 11.8. The highest BCUT2D eigenvalue weighted by Crippen LogP contribution is 2.20. The molecule has 1 N–H and O–H groups in total. The van der Waals surface area contributed by atoms with E-state index in [1.165, 1.54) is 6.26 Å². The van der Waals surface area contributed by atoms with Crippen LogP contribution in [0.4, 0.5) is 0 Å². The van der Waals surface area contributed by atoms with Gasteiger partial charge in [0.1, 0.15) is 0 Å². The standard InChI is InChI=1S/C10H11BrN2O3/c11-9-8(3-6-16-9)10(14)13-4-1-7(12-15)2-5-13/h3,6,15H,1-2,4-5H2. The summed E-state index contributed by atoms with van der Waals surface area (Å²) in [6.45, 7) is 1.16. The predicted molar refractivity (Wildman–Crippen MR) is 60.8 cm³/mol. The number of likely N-dealkylation sites (tertiary alicyclic amines) is 1. The normalized spacial score (nSPS) is 16.3. The van der Waals surface area contributed by atoms with E-state index in [2.05, 4.69) is 21.1 Å². The van der Waals surface area contributed by atoms with Crippen LogP contribution in [-0.4, -0.2) is 34.8 Å². The van der Waals surface area contributed by atoms with Gasteiger partial charge in [-0.3, -0.25) is 4.79 Å². The maximum Gasteiger partial charge on any atom is 0.258 e. The summed E-state index contributed by atoms with van der Waals surface area (Å²) in [6.07, 6.45) is 2.72. The number of oxime groups is 1. The number of rotatable bonds is 1. The lowest BCUT2D eigenvalue weighted by Gasteiger charge is -2.26. The number of furan rings is 1. The van der Waals surface area contributed by atoms with E-state index < -0.39 is 0 Å². The van der Waals surface area contributed by atoms with Gasteiger partial charge in [-0.05, 0) is 22.0 Å². The fraction of sp³-hybridized carbons (Fsp3) is 0.400. The van der Waals surface area contributed by atoms with Crippen molar-refractivity contribution in [3.8, 4) is 0 Å². The SMILES string of the molecule is O=C(c1ccoc1Br)N1CCC(=NO)CC1. The van der Waals surface area contributed by atoms with Gasteiger partial charge in [0.25, 0.3) is 5.91 Å². The number of carbonyl (C=O) groups is 1. The van der Waals surface area contributed by atoms with Gasteiger partial charge < -0.3 is 14.5 Å². The van der Waals surface area contributed by atoms with Crippen LogP contribution in [0.15, 0.2) is 26.6 Å². The number of piperidine rings is 1.